The molecule has 0 heterocycles. The highest BCUT2D eigenvalue weighted by molar-refractivity contribution is 5.41. The van der Waals surface area contributed by atoms with E-state index < -0.39 is 17.4 Å². The number of benzene rings is 3. The van der Waals surface area contributed by atoms with E-state index in [-0.39, 0.29) is 12.8 Å². The Hall–Kier alpha value is -3.06. The summed E-state index contributed by atoms with van der Waals surface area (Å²) in [5.74, 6) is 1.93. The van der Waals surface area contributed by atoms with E-state index in [2.05, 4.69) is 0 Å². The van der Waals surface area contributed by atoms with Gasteiger partial charge in [0, 0.05) is 6.42 Å². The highest BCUT2D eigenvalue weighted by atomic mass is 16.5. The second-order valence-electron chi connectivity index (χ2n) is 7.86. The molecule has 6 nitrogen and oxygen atoms in total. The van der Waals surface area contributed by atoms with Crippen LogP contribution in [0, 0.1) is 0 Å². The molecule has 0 spiro atoms. The number of aliphatic hydroxyl groups excluding tert-OH is 1. The van der Waals surface area contributed by atoms with Gasteiger partial charge in [0.05, 0.1) is 14.2 Å². The van der Waals surface area contributed by atoms with Gasteiger partial charge in [0.1, 0.15) is 29.0 Å². The number of methoxy groups -OCH3 is 2. The van der Waals surface area contributed by atoms with Gasteiger partial charge in [0.2, 0.25) is 0 Å². The summed E-state index contributed by atoms with van der Waals surface area (Å²) in [4.78, 5) is 0. The van der Waals surface area contributed by atoms with Gasteiger partial charge in [-0.1, -0.05) is 42.5 Å². The van der Waals surface area contributed by atoms with Crippen LogP contribution in [-0.2, 0) is 5.60 Å². The molecular formula is C26H31NO5. The lowest BCUT2D eigenvalue weighted by Gasteiger charge is -2.37. The van der Waals surface area contributed by atoms with Gasteiger partial charge in [-0.3, -0.25) is 5.73 Å². The molecule has 0 saturated carbocycles. The van der Waals surface area contributed by atoms with E-state index in [0.717, 1.165) is 0 Å². The van der Waals surface area contributed by atoms with Crippen LogP contribution >= 0.6 is 0 Å². The predicted octanol–water partition coefficient (Wildman–Crippen LogP) is 3.83. The molecule has 2 atom stereocenters. The number of rotatable bonds is 10. The first-order valence-corrected chi connectivity index (χ1v) is 10.5. The molecule has 0 aromatic heterocycles. The van der Waals surface area contributed by atoms with Crippen LogP contribution in [0.2, 0.25) is 0 Å². The fourth-order valence-corrected chi connectivity index (χ4v) is 3.62. The summed E-state index contributed by atoms with van der Waals surface area (Å²) in [7, 11) is 3.19. The lowest BCUT2D eigenvalue weighted by atomic mass is 9.80. The minimum absolute atomic E-state index is 0.189. The van der Waals surface area contributed by atoms with Crippen LogP contribution in [0.3, 0.4) is 0 Å². The average molecular weight is 438 g/mol. The van der Waals surface area contributed by atoms with E-state index in [1.54, 1.807) is 57.5 Å². The average Bonchev–Trinajstić information content (AvgIpc) is 2.83. The number of hydrogen-bond donors (Lipinski definition) is 3. The van der Waals surface area contributed by atoms with Crippen LogP contribution in [0.5, 0.6) is 17.2 Å². The number of aliphatic hydroxyl groups is 2. The van der Waals surface area contributed by atoms with Crippen LogP contribution in [0.15, 0.2) is 78.9 Å². The quantitative estimate of drug-likeness (QED) is 0.417. The Bertz CT molecular complexity index is 926. The van der Waals surface area contributed by atoms with Crippen molar-refractivity contribution < 1.29 is 24.4 Å². The van der Waals surface area contributed by atoms with Gasteiger partial charge in [0.15, 0.2) is 5.72 Å². The largest absolute Gasteiger partial charge is 0.497 e. The lowest BCUT2D eigenvalue weighted by Crippen LogP contribution is -2.55. The molecule has 0 aliphatic heterocycles. The molecule has 2 unspecified atom stereocenters. The summed E-state index contributed by atoms with van der Waals surface area (Å²) in [5.41, 5.74) is 5.09. The number of ether oxygens (including phenoxy) is 3. The van der Waals surface area contributed by atoms with Crippen molar-refractivity contribution in [3.05, 3.63) is 90.0 Å². The Morgan fingerprint density at radius 1 is 0.750 bits per heavy atom. The van der Waals surface area contributed by atoms with Gasteiger partial charge in [-0.2, -0.15) is 0 Å². The van der Waals surface area contributed by atoms with E-state index in [4.69, 9.17) is 19.9 Å². The van der Waals surface area contributed by atoms with E-state index in [1.165, 1.54) is 0 Å². The van der Waals surface area contributed by atoms with Crippen molar-refractivity contribution in [1.29, 1.82) is 0 Å². The minimum Gasteiger partial charge on any atom is -0.497 e. The molecule has 0 aliphatic carbocycles. The van der Waals surface area contributed by atoms with Crippen molar-refractivity contribution in [1.82, 2.24) is 0 Å². The number of para-hydroxylation sites is 1. The monoisotopic (exact) mass is 437 g/mol. The smallest absolute Gasteiger partial charge is 0.184 e. The third-order valence-electron chi connectivity index (χ3n) is 5.77. The Morgan fingerprint density at radius 3 is 1.62 bits per heavy atom. The summed E-state index contributed by atoms with van der Waals surface area (Å²) in [6.45, 7) is 1.59. The maximum atomic E-state index is 11.9. The van der Waals surface area contributed by atoms with Crippen LogP contribution in [0.25, 0.3) is 0 Å². The van der Waals surface area contributed by atoms with E-state index in [9.17, 15) is 10.2 Å². The van der Waals surface area contributed by atoms with E-state index in [0.29, 0.717) is 28.4 Å². The summed E-state index contributed by atoms with van der Waals surface area (Å²) < 4.78 is 16.5. The molecule has 3 rings (SSSR count). The Kier molecular flexibility index (Phi) is 7.40. The van der Waals surface area contributed by atoms with Crippen LogP contribution in [0.4, 0.5) is 0 Å². The first-order chi connectivity index (χ1) is 15.3. The number of hydrogen-bond acceptors (Lipinski definition) is 6. The Labute approximate surface area is 189 Å². The summed E-state index contributed by atoms with van der Waals surface area (Å²) >= 11 is 0. The van der Waals surface area contributed by atoms with E-state index in [1.807, 2.05) is 42.5 Å². The maximum absolute atomic E-state index is 11.9. The summed E-state index contributed by atoms with van der Waals surface area (Å²) in [6, 6.07) is 23.6. The molecule has 0 saturated heterocycles. The second kappa shape index (κ2) is 10.0. The van der Waals surface area contributed by atoms with Gasteiger partial charge in [0.25, 0.3) is 0 Å². The standard InChI is InChI=1S/C26H31NO5/c1-19(28)26(27,32-24-7-5-4-6-8-24)18-17-25(29,20-9-13-22(30-2)14-10-20)21-11-15-23(31-3)16-12-21/h4-16,19,28-29H,17-18,27H2,1-3H3. The molecule has 0 aliphatic rings. The van der Waals surface area contributed by atoms with Gasteiger partial charge >= 0.3 is 0 Å². The highest BCUT2D eigenvalue weighted by Gasteiger charge is 2.39. The van der Waals surface area contributed by atoms with Crippen LogP contribution in [-0.4, -0.2) is 36.3 Å². The zero-order valence-corrected chi connectivity index (χ0v) is 18.7. The highest BCUT2D eigenvalue weighted by Crippen LogP contribution is 2.38. The molecule has 0 fully saturated rings. The van der Waals surface area contributed by atoms with Crippen molar-refractivity contribution in [3.63, 3.8) is 0 Å². The zero-order valence-electron chi connectivity index (χ0n) is 18.7. The fraction of sp³-hybridized carbons (Fsp3) is 0.308. The third kappa shape index (κ3) is 5.22. The van der Waals surface area contributed by atoms with Gasteiger partial charge in [-0.05, 0) is 60.9 Å². The predicted molar refractivity (Wildman–Crippen MR) is 124 cm³/mol. The number of nitrogens with two attached hydrogens (primary N) is 1. The molecule has 6 heteroatoms. The van der Waals surface area contributed by atoms with Crippen molar-refractivity contribution in [2.24, 2.45) is 5.73 Å². The minimum atomic E-state index is -1.39. The summed E-state index contributed by atoms with van der Waals surface area (Å²) in [5, 5.41) is 22.4. The van der Waals surface area contributed by atoms with Crippen molar-refractivity contribution >= 4 is 0 Å². The van der Waals surface area contributed by atoms with Gasteiger partial charge in [-0.25, -0.2) is 0 Å². The van der Waals surface area contributed by atoms with Crippen molar-refractivity contribution in [2.75, 3.05) is 14.2 Å². The van der Waals surface area contributed by atoms with Crippen molar-refractivity contribution in [2.45, 2.75) is 37.2 Å². The SMILES string of the molecule is COc1ccc(C(O)(CCC(N)(Oc2ccccc2)C(C)O)c2ccc(OC)cc2)cc1. The molecular weight excluding hydrogens is 406 g/mol. The zero-order chi connectivity index (χ0) is 23.2. The van der Waals surface area contributed by atoms with Crippen LogP contribution in [0.1, 0.15) is 30.9 Å². The fourth-order valence-electron chi connectivity index (χ4n) is 3.62. The maximum Gasteiger partial charge on any atom is 0.184 e. The lowest BCUT2D eigenvalue weighted by molar-refractivity contribution is -0.0616. The van der Waals surface area contributed by atoms with Gasteiger partial charge in [-0.15, -0.1) is 0 Å². The molecule has 0 bridgehead atoms. The molecule has 0 amide bonds. The molecule has 0 radical (unpaired) electrons. The topological polar surface area (TPSA) is 94.2 Å². The normalized spacial score (nSPS) is 14.3. The van der Waals surface area contributed by atoms with Crippen LogP contribution < -0.4 is 19.9 Å². The van der Waals surface area contributed by atoms with Gasteiger partial charge < -0.3 is 24.4 Å². The Morgan fingerprint density at radius 2 is 1.22 bits per heavy atom. The van der Waals surface area contributed by atoms with E-state index >= 15 is 0 Å². The molecule has 170 valence electrons. The first kappa shape index (κ1) is 23.6. The Balaban J connectivity index is 1.94. The first-order valence-electron chi connectivity index (χ1n) is 10.5. The third-order valence-corrected chi connectivity index (χ3v) is 5.77. The molecule has 3 aromatic rings. The molecule has 32 heavy (non-hydrogen) atoms. The molecule has 3 aromatic carbocycles. The molecule has 4 N–H and O–H groups in total. The van der Waals surface area contributed by atoms with Crippen molar-refractivity contribution in [3.8, 4) is 17.2 Å². The summed E-state index contributed by atoms with van der Waals surface area (Å²) in [6.07, 6.45) is -0.577. The second-order valence-corrected chi connectivity index (χ2v) is 7.86.